The van der Waals surface area contributed by atoms with Gasteiger partial charge in [0.05, 0.1) is 12.1 Å². The highest BCUT2D eigenvalue weighted by Crippen LogP contribution is 2.38. The number of rotatable bonds is 2. The fourth-order valence-electron chi connectivity index (χ4n) is 3.52. The van der Waals surface area contributed by atoms with Gasteiger partial charge in [0.2, 0.25) is 0 Å². The Morgan fingerprint density at radius 3 is 2.59 bits per heavy atom. The Kier molecular flexibility index (Phi) is 4.27. The highest BCUT2D eigenvalue weighted by Gasteiger charge is 2.24. The second-order valence-corrected chi connectivity index (χ2v) is 7.20. The van der Waals surface area contributed by atoms with Crippen LogP contribution in [0, 0.1) is 20.8 Å². The zero-order valence-electron chi connectivity index (χ0n) is 15.7. The Hall–Kier alpha value is -2.66. The normalized spacial score (nSPS) is 13.4. The lowest BCUT2D eigenvalue weighted by atomic mass is 9.99. The molecule has 6 heteroatoms. The Balaban J connectivity index is 1.79. The number of aryl methyl sites for hydroxylation is 2. The lowest BCUT2D eigenvalue weighted by molar-refractivity contribution is 0.287. The number of hydrogen-bond acceptors (Lipinski definition) is 5. The summed E-state index contributed by atoms with van der Waals surface area (Å²) in [6.07, 6.45) is 0. The summed E-state index contributed by atoms with van der Waals surface area (Å²) in [7, 11) is 1.59. The van der Waals surface area contributed by atoms with Crippen molar-refractivity contribution in [3.8, 4) is 11.5 Å². The van der Waals surface area contributed by atoms with E-state index in [1.165, 1.54) is 0 Å². The SMILES string of the molecule is COc1ccc(N2COc3c(cc4c(C)c(C)c(=O)oc4c3C)C2)cc1Cl. The minimum Gasteiger partial charge on any atom is -0.495 e. The molecule has 0 saturated carbocycles. The van der Waals surface area contributed by atoms with Crippen LogP contribution in [-0.2, 0) is 6.54 Å². The minimum absolute atomic E-state index is 0.298. The van der Waals surface area contributed by atoms with Crippen molar-refractivity contribution in [2.75, 3.05) is 18.7 Å². The van der Waals surface area contributed by atoms with E-state index in [0.29, 0.717) is 35.2 Å². The van der Waals surface area contributed by atoms with Crippen LogP contribution in [0.4, 0.5) is 5.69 Å². The van der Waals surface area contributed by atoms with Crippen LogP contribution in [0.5, 0.6) is 11.5 Å². The molecule has 4 rings (SSSR count). The first-order valence-corrected chi connectivity index (χ1v) is 9.06. The van der Waals surface area contributed by atoms with Gasteiger partial charge in [-0.25, -0.2) is 4.79 Å². The molecule has 0 radical (unpaired) electrons. The highest BCUT2D eigenvalue weighted by molar-refractivity contribution is 6.32. The summed E-state index contributed by atoms with van der Waals surface area (Å²) >= 11 is 6.27. The molecule has 0 amide bonds. The van der Waals surface area contributed by atoms with Gasteiger partial charge in [-0.1, -0.05) is 11.6 Å². The summed E-state index contributed by atoms with van der Waals surface area (Å²) < 4.78 is 16.8. The lowest BCUT2D eigenvalue weighted by Crippen LogP contribution is -2.32. The average molecular weight is 386 g/mol. The maximum atomic E-state index is 12.1. The zero-order valence-corrected chi connectivity index (χ0v) is 16.4. The van der Waals surface area contributed by atoms with E-state index >= 15 is 0 Å². The molecule has 0 bridgehead atoms. The molecule has 0 spiro atoms. The molecule has 0 saturated heterocycles. The van der Waals surface area contributed by atoms with Gasteiger partial charge in [-0.3, -0.25) is 0 Å². The average Bonchev–Trinajstić information content (AvgIpc) is 2.67. The van der Waals surface area contributed by atoms with Gasteiger partial charge in [-0.15, -0.1) is 0 Å². The van der Waals surface area contributed by atoms with Crippen molar-refractivity contribution in [2.24, 2.45) is 0 Å². The van der Waals surface area contributed by atoms with Crippen molar-refractivity contribution >= 4 is 28.3 Å². The molecule has 5 nitrogen and oxygen atoms in total. The highest BCUT2D eigenvalue weighted by atomic mass is 35.5. The van der Waals surface area contributed by atoms with Crippen LogP contribution in [-0.4, -0.2) is 13.8 Å². The third kappa shape index (κ3) is 2.82. The van der Waals surface area contributed by atoms with Gasteiger partial charge in [0.1, 0.15) is 17.1 Å². The number of ether oxygens (including phenoxy) is 2. The van der Waals surface area contributed by atoms with Crippen LogP contribution in [0.2, 0.25) is 5.02 Å². The Morgan fingerprint density at radius 2 is 1.89 bits per heavy atom. The first kappa shape index (κ1) is 17.7. The van der Waals surface area contributed by atoms with Gasteiger partial charge < -0.3 is 18.8 Å². The van der Waals surface area contributed by atoms with E-state index in [2.05, 4.69) is 11.0 Å². The molecule has 27 heavy (non-hydrogen) atoms. The van der Waals surface area contributed by atoms with Crippen molar-refractivity contribution in [2.45, 2.75) is 27.3 Å². The van der Waals surface area contributed by atoms with Crippen LogP contribution >= 0.6 is 11.6 Å². The van der Waals surface area contributed by atoms with E-state index in [-0.39, 0.29) is 5.63 Å². The van der Waals surface area contributed by atoms with E-state index in [4.69, 9.17) is 25.5 Å². The van der Waals surface area contributed by atoms with Gasteiger partial charge in [0.15, 0.2) is 6.73 Å². The van der Waals surface area contributed by atoms with Crippen LogP contribution in [0.1, 0.15) is 22.3 Å². The predicted molar refractivity (Wildman–Crippen MR) is 106 cm³/mol. The largest absolute Gasteiger partial charge is 0.495 e. The Bertz CT molecular complexity index is 1120. The lowest BCUT2D eigenvalue weighted by Gasteiger charge is -2.32. The standard InChI is InChI=1S/C21H20ClNO4/c1-11-12(2)21(24)27-20-13(3)19-14(7-16(11)20)9-23(10-26-19)15-5-6-18(25-4)17(22)8-15/h5-8H,9-10H2,1-4H3. The first-order valence-electron chi connectivity index (χ1n) is 8.68. The molecule has 2 aromatic carbocycles. The number of benzene rings is 2. The molecule has 0 atom stereocenters. The molecular formula is C21H20ClNO4. The zero-order chi connectivity index (χ0) is 19.3. The number of nitrogens with zero attached hydrogens (tertiary/aromatic N) is 1. The van der Waals surface area contributed by atoms with E-state index in [9.17, 15) is 4.79 Å². The van der Waals surface area contributed by atoms with Crippen molar-refractivity contribution in [3.63, 3.8) is 0 Å². The van der Waals surface area contributed by atoms with Crippen molar-refractivity contribution in [3.05, 3.63) is 62.0 Å². The molecule has 3 aromatic rings. The summed E-state index contributed by atoms with van der Waals surface area (Å²) in [5.74, 6) is 1.42. The minimum atomic E-state index is -0.298. The van der Waals surface area contributed by atoms with E-state index < -0.39 is 0 Å². The second-order valence-electron chi connectivity index (χ2n) is 6.80. The summed E-state index contributed by atoms with van der Waals surface area (Å²) in [4.78, 5) is 14.2. The van der Waals surface area contributed by atoms with E-state index in [0.717, 1.165) is 33.5 Å². The van der Waals surface area contributed by atoms with Crippen LogP contribution in [0.15, 0.2) is 33.5 Å². The quantitative estimate of drug-likeness (QED) is 0.596. The van der Waals surface area contributed by atoms with Crippen LogP contribution < -0.4 is 20.0 Å². The molecule has 1 aliphatic rings. The van der Waals surface area contributed by atoms with Gasteiger partial charge in [-0.05, 0) is 50.6 Å². The summed E-state index contributed by atoms with van der Waals surface area (Å²) in [6, 6.07) is 7.74. The molecule has 2 heterocycles. The summed E-state index contributed by atoms with van der Waals surface area (Å²) in [6.45, 7) is 6.73. The molecular weight excluding hydrogens is 366 g/mol. The summed E-state index contributed by atoms with van der Waals surface area (Å²) in [5.41, 5.74) is 4.74. The third-order valence-corrected chi connectivity index (χ3v) is 5.53. The van der Waals surface area contributed by atoms with Crippen LogP contribution in [0.25, 0.3) is 11.0 Å². The smallest absolute Gasteiger partial charge is 0.339 e. The molecule has 1 aromatic heterocycles. The Labute approximate surface area is 162 Å². The van der Waals surface area contributed by atoms with Crippen molar-refractivity contribution in [1.82, 2.24) is 0 Å². The molecule has 0 N–H and O–H groups in total. The molecule has 0 aliphatic carbocycles. The van der Waals surface area contributed by atoms with Gasteiger partial charge in [-0.2, -0.15) is 0 Å². The number of halogens is 1. The summed E-state index contributed by atoms with van der Waals surface area (Å²) in [5, 5.41) is 1.50. The monoisotopic (exact) mass is 385 g/mol. The molecule has 0 unspecified atom stereocenters. The Morgan fingerprint density at radius 1 is 1.11 bits per heavy atom. The van der Waals surface area contributed by atoms with Gasteiger partial charge in [0, 0.05) is 34.3 Å². The topological polar surface area (TPSA) is 51.9 Å². The van der Waals surface area contributed by atoms with E-state index in [1.54, 1.807) is 14.0 Å². The predicted octanol–water partition coefficient (Wildman–Crippen LogP) is 4.74. The van der Waals surface area contributed by atoms with E-state index in [1.807, 2.05) is 32.0 Å². The number of fused-ring (bicyclic) bond motifs is 2. The van der Waals surface area contributed by atoms with Crippen LogP contribution in [0.3, 0.4) is 0 Å². The number of methoxy groups -OCH3 is 1. The first-order chi connectivity index (χ1) is 12.9. The molecule has 0 fully saturated rings. The van der Waals surface area contributed by atoms with Gasteiger partial charge >= 0.3 is 5.63 Å². The molecule has 140 valence electrons. The number of anilines is 1. The van der Waals surface area contributed by atoms with Crippen molar-refractivity contribution < 1.29 is 13.9 Å². The van der Waals surface area contributed by atoms with Crippen molar-refractivity contribution in [1.29, 1.82) is 0 Å². The fraction of sp³-hybridized carbons (Fsp3) is 0.286. The maximum Gasteiger partial charge on any atom is 0.339 e. The number of hydrogen-bond donors (Lipinski definition) is 0. The molecule has 1 aliphatic heterocycles. The second kappa shape index (κ2) is 6.50. The third-order valence-electron chi connectivity index (χ3n) is 5.23. The fourth-order valence-corrected chi connectivity index (χ4v) is 3.77. The van der Waals surface area contributed by atoms with Gasteiger partial charge in [0.25, 0.3) is 0 Å². The maximum absolute atomic E-state index is 12.1.